The van der Waals surface area contributed by atoms with Crippen molar-refractivity contribution in [2.75, 3.05) is 0 Å². The van der Waals surface area contributed by atoms with E-state index in [0.29, 0.717) is 22.4 Å². The molecule has 1 aliphatic rings. The topological polar surface area (TPSA) is 9.23 Å². The average Bonchev–Trinajstić information content (AvgIpc) is 2.73. The summed E-state index contributed by atoms with van der Waals surface area (Å²) < 4.78 is 56.3. The number of hydrogen-bond acceptors (Lipinski definition) is 1. The van der Waals surface area contributed by atoms with Crippen LogP contribution in [0.1, 0.15) is 56.9 Å². The molecular weight excluding hydrogens is 404 g/mol. The second-order valence-electron chi connectivity index (χ2n) is 8.52. The fourth-order valence-electron chi connectivity index (χ4n) is 4.80. The molecule has 31 heavy (non-hydrogen) atoms. The van der Waals surface area contributed by atoms with Gasteiger partial charge in [0.1, 0.15) is 11.6 Å². The van der Waals surface area contributed by atoms with E-state index in [4.69, 9.17) is 0 Å². The zero-order chi connectivity index (χ0) is 22.0. The highest BCUT2D eigenvalue weighted by Crippen LogP contribution is 2.39. The third kappa shape index (κ3) is 5.20. The lowest BCUT2D eigenvalue weighted by molar-refractivity contribution is -0.274. The predicted molar refractivity (Wildman–Crippen MR) is 116 cm³/mol. The first kappa shape index (κ1) is 21.7. The van der Waals surface area contributed by atoms with E-state index in [1.54, 1.807) is 30.3 Å². The molecule has 3 aromatic carbocycles. The highest BCUT2D eigenvalue weighted by Gasteiger charge is 2.31. The van der Waals surface area contributed by atoms with Gasteiger partial charge in [-0.05, 0) is 83.7 Å². The van der Waals surface area contributed by atoms with Gasteiger partial charge >= 0.3 is 6.36 Å². The van der Waals surface area contributed by atoms with Gasteiger partial charge in [-0.25, -0.2) is 4.39 Å². The van der Waals surface area contributed by atoms with Crippen LogP contribution in [0.4, 0.5) is 17.6 Å². The lowest BCUT2D eigenvalue weighted by atomic mass is 9.77. The number of ether oxygens (including phenoxy) is 1. The average molecular weight is 430 g/mol. The summed E-state index contributed by atoms with van der Waals surface area (Å²) >= 11 is 0. The molecule has 0 amide bonds. The molecule has 1 nitrogen and oxygen atoms in total. The zero-order valence-corrected chi connectivity index (χ0v) is 17.5. The molecule has 0 bridgehead atoms. The van der Waals surface area contributed by atoms with Crippen molar-refractivity contribution in [3.8, 4) is 16.9 Å². The first-order valence-corrected chi connectivity index (χ1v) is 10.9. The summed E-state index contributed by atoms with van der Waals surface area (Å²) in [5.41, 5.74) is 2.26. The Morgan fingerprint density at radius 3 is 2.26 bits per heavy atom. The van der Waals surface area contributed by atoms with Crippen LogP contribution in [0.25, 0.3) is 21.9 Å². The van der Waals surface area contributed by atoms with Crippen molar-refractivity contribution < 1.29 is 22.3 Å². The van der Waals surface area contributed by atoms with Gasteiger partial charge in [-0.2, -0.15) is 0 Å². The monoisotopic (exact) mass is 430 g/mol. The molecule has 0 aliphatic heterocycles. The second-order valence-corrected chi connectivity index (χ2v) is 8.52. The van der Waals surface area contributed by atoms with Crippen LogP contribution < -0.4 is 4.74 Å². The third-order valence-corrected chi connectivity index (χ3v) is 6.36. The second kappa shape index (κ2) is 8.89. The summed E-state index contributed by atoms with van der Waals surface area (Å²) in [6.07, 6.45) is 2.43. The Bertz CT molecular complexity index is 1050. The summed E-state index contributed by atoms with van der Waals surface area (Å²) in [4.78, 5) is 0. The molecule has 0 saturated heterocycles. The smallest absolute Gasteiger partial charge is 0.406 e. The van der Waals surface area contributed by atoms with Crippen molar-refractivity contribution in [3.05, 3.63) is 66.0 Å². The largest absolute Gasteiger partial charge is 0.573 e. The normalized spacial score (nSPS) is 19.5. The van der Waals surface area contributed by atoms with Crippen LogP contribution in [-0.4, -0.2) is 6.36 Å². The zero-order valence-electron chi connectivity index (χ0n) is 17.5. The maximum atomic E-state index is 15.0. The molecule has 1 fully saturated rings. The molecule has 1 saturated carbocycles. The number of hydrogen-bond donors (Lipinski definition) is 0. The van der Waals surface area contributed by atoms with Crippen LogP contribution in [0.5, 0.6) is 5.75 Å². The molecular formula is C26H26F4O. The number of alkyl halides is 3. The van der Waals surface area contributed by atoms with Gasteiger partial charge in [-0.1, -0.05) is 50.1 Å². The summed E-state index contributed by atoms with van der Waals surface area (Å²) in [5, 5.41) is 1.33. The quantitative estimate of drug-likeness (QED) is 0.368. The van der Waals surface area contributed by atoms with Crippen LogP contribution in [0.15, 0.2) is 54.6 Å². The molecule has 164 valence electrons. The SMILES string of the molecule is CCC[C@H]1CC[C@H](c2ccc(-c3ccc4cc(OC(F)(F)F)ccc4c3)c(F)c2)CC1. The lowest BCUT2D eigenvalue weighted by Crippen LogP contribution is -2.16. The van der Waals surface area contributed by atoms with E-state index in [-0.39, 0.29) is 11.6 Å². The molecule has 5 heteroatoms. The molecule has 0 N–H and O–H groups in total. The van der Waals surface area contributed by atoms with Gasteiger partial charge in [0.05, 0.1) is 0 Å². The minimum atomic E-state index is -4.73. The van der Waals surface area contributed by atoms with E-state index in [2.05, 4.69) is 11.7 Å². The fourth-order valence-corrected chi connectivity index (χ4v) is 4.80. The van der Waals surface area contributed by atoms with Crippen LogP contribution in [0, 0.1) is 11.7 Å². The van der Waals surface area contributed by atoms with E-state index in [0.717, 1.165) is 29.7 Å². The Balaban J connectivity index is 1.53. The van der Waals surface area contributed by atoms with Crippen LogP contribution in [0.2, 0.25) is 0 Å². The van der Waals surface area contributed by atoms with E-state index < -0.39 is 6.36 Å². The Morgan fingerprint density at radius 2 is 1.58 bits per heavy atom. The molecule has 4 rings (SSSR count). The van der Waals surface area contributed by atoms with Gasteiger partial charge in [0, 0.05) is 5.56 Å². The highest BCUT2D eigenvalue weighted by molar-refractivity contribution is 5.88. The molecule has 0 unspecified atom stereocenters. The minimum Gasteiger partial charge on any atom is -0.406 e. The van der Waals surface area contributed by atoms with Gasteiger partial charge < -0.3 is 4.74 Å². The lowest BCUT2D eigenvalue weighted by Gasteiger charge is -2.28. The Morgan fingerprint density at radius 1 is 0.871 bits per heavy atom. The van der Waals surface area contributed by atoms with Gasteiger partial charge in [0.15, 0.2) is 0 Å². The Hall–Kier alpha value is -2.56. The minimum absolute atomic E-state index is 0.260. The van der Waals surface area contributed by atoms with Gasteiger partial charge in [-0.3, -0.25) is 0 Å². The molecule has 3 aromatic rings. The maximum absolute atomic E-state index is 15.0. The Kier molecular flexibility index (Phi) is 6.22. The molecule has 0 spiro atoms. The predicted octanol–water partition coefficient (Wildman–Crippen LogP) is 8.62. The number of halogens is 4. The van der Waals surface area contributed by atoms with Crippen LogP contribution in [-0.2, 0) is 0 Å². The van der Waals surface area contributed by atoms with Gasteiger partial charge in [0.2, 0.25) is 0 Å². The number of benzene rings is 3. The maximum Gasteiger partial charge on any atom is 0.573 e. The van der Waals surface area contributed by atoms with Crippen LogP contribution in [0.3, 0.4) is 0 Å². The molecule has 0 atom stereocenters. The van der Waals surface area contributed by atoms with E-state index in [1.807, 2.05) is 12.1 Å². The summed E-state index contributed by atoms with van der Waals surface area (Å²) in [6, 6.07) is 14.9. The highest BCUT2D eigenvalue weighted by atomic mass is 19.4. The van der Waals surface area contributed by atoms with Crippen molar-refractivity contribution in [3.63, 3.8) is 0 Å². The van der Waals surface area contributed by atoms with E-state index >= 15 is 0 Å². The first-order valence-electron chi connectivity index (χ1n) is 10.9. The van der Waals surface area contributed by atoms with E-state index in [9.17, 15) is 17.6 Å². The molecule has 1 aliphatic carbocycles. The molecule has 0 aromatic heterocycles. The van der Waals surface area contributed by atoms with Gasteiger partial charge in [0.25, 0.3) is 0 Å². The van der Waals surface area contributed by atoms with Crippen molar-refractivity contribution >= 4 is 10.8 Å². The number of fused-ring (bicyclic) bond motifs is 1. The fraction of sp³-hybridized carbons (Fsp3) is 0.385. The standard InChI is InChI=1S/C26H26F4O/c1-2-3-17-4-6-18(7-5-17)21-11-13-24(25(27)16-21)22-9-8-20-15-23(31-26(28,29)30)12-10-19(20)14-22/h8-18H,2-7H2,1H3/t17-,18-. The Labute approximate surface area is 180 Å². The summed E-state index contributed by atoms with van der Waals surface area (Å²) in [5.74, 6) is 0.701. The molecule has 0 radical (unpaired) electrons. The summed E-state index contributed by atoms with van der Waals surface area (Å²) in [7, 11) is 0. The van der Waals surface area contributed by atoms with E-state index in [1.165, 1.54) is 37.8 Å². The first-order chi connectivity index (χ1) is 14.8. The summed E-state index contributed by atoms with van der Waals surface area (Å²) in [6.45, 7) is 2.22. The van der Waals surface area contributed by atoms with Crippen LogP contribution >= 0.6 is 0 Å². The van der Waals surface area contributed by atoms with Crippen molar-refractivity contribution in [2.24, 2.45) is 5.92 Å². The van der Waals surface area contributed by atoms with Gasteiger partial charge in [-0.15, -0.1) is 13.2 Å². The van der Waals surface area contributed by atoms with Crippen molar-refractivity contribution in [1.82, 2.24) is 0 Å². The van der Waals surface area contributed by atoms with Crippen molar-refractivity contribution in [2.45, 2.75) is 57.7 Å². The third-order valence-electron chi connectivity index (χ3n) is 6.36. The number of rotatable bonds is 5. The molecule has 0 heterocycles. The van der Waals surface area contributed by atoms with Crippen molar-refractivity contribution in [1.29, 1.82) is 0 Å².